The van der Waals surface area contributed by atoms with Gasteiger partial charge in [0.1, 0.15) is 5.75 Å². The molecular weight excluding hydrogens is 270 g/mol. The molecule has 0 saturated carbocycles. The third-order valence-corrected chi connectivity index (χ3v) is 3.93. The molecule has 4 heteroatoms. The molecule has 0 spiro atoms. The monoisotopic (exact) mass is 289 g/mol. The Bertz CT molecular complexity index is 574. The van der Waals surface area contributed by atoms with E-state index >= 15 is 0 Å². The molecule has 0 unspecified atom stereocenters. The van der Waals surface area contributed by atoms with Crippen LogP contribution in [0.1, 0.15) is 27.0 Å². The summed E-state index contributed by atoms with van der Waals surface area (Å²) in [4.78, 5) is 16.5. The molecule has 1 aromatic heterocycles. The van der Waals surface area contributed by atoms with E-state index in [0.29, 0.717) is 18.7 Å². The first kappa shape index (κ1) is 14.6. The van der Waals surface area contributed by atoms with Crippen LogP contribution in [0.4, 0.5) is 0 Å². The largest absolute Gasteiger partial charge is 0.494 e. The minimum Gasteiger partial charge on any atom is -0.494 e. The average molecular weight is 289 g/mol. The van der Waals surface area contributed by atoms with E-state index in [-0.39, 0.29) is 5.91 Å². The van der Waals surface area contributed by atoms with Crippen molar-refractivity contribution >= 4 is 17.2 Å². The molecule has 0 aliphatic carbocycles. The molecule has 0 bridgehead atoms. The highest BCUT2D eigenvalue weighted by atomic mass is 32.1. The molecule has 1 aromatic carbocycles. The summed E-state index contributed by atoms with van der Waals surface area (Å²) in [5.74, 6) is 0.819. The zero-order valence-electron chi connectivity index (χ0n) is 12.1. The topological polar surface area (TPSA) is 29.5 Å². The van der Waals surface area contributed by atoms with Crippen LogP contribution in [0.3, 0.4) is 0 Å². The molecule has 20 heavy (non-hydrogen) atoms. The smallest absolute Gasteiger partial charge is 0.253 e. The molecule has 0 aliphatic rings. The minimum atomic E-state index is 0.0269. The zero-order chi connectivity index (χ0) is 14.5. The molecule has 0 saturated heterocycles. The first-order chi connectivity index (χ1) is 9.60. The number of benzene rings is 1. The number of thiophene rings is 1. The summed E-state index contributed by atoms with van der Waals surface area (Å²) in [6, 6.07) is 11.4. The van der Waals surface area contributed by atoms with E-state index in [9.17, 15) is 4.79 Å². The zero-order valence-corrected chi connectivity index (χ0v) is 12.9. The highest BCUT2D eigenvalue weighted by Gasteiger charge is 2.12. The first-order valence-corrected chi connectivity index (χ1v) is 7.45. The van der Waals surface area contributed by atoms with E-state index in [2.05, 4.69) is 19.1 Å². The van der Waals surface area contributed by atoms with Gasteiger partial charge < -0.3 is 9.64 Å². The van der Waals surface area contributed by atoms with Crippen molar-refractivity contribution in [1.29, 1.82) is 0 Å². The van der Waals surface area contributed by atoms with Crippen LogP contribution in [-0.2, 0) is 6.54 Å². The van der Waals surface area contributed by atoms with Gasteiger partial charge >= 0.3 is 0 Å². The van der Waals surface area contributed by atoms with Crippen molar-refractivity contribution < 1.29 is 9.53 Å². The Morgan fingerprint density at radius 3 is 2.45 bits per heavy atom. The summed E-state index contributed by atoms with van der Waals surface area (Å²) in [5.41, 5.74) is 0.684. The molecule has 0 N–H and O–H groups in total. The maximum Gasteiger partial charge on any atom is 0.253 e. The van der Waals surface area contributed by atoms with Crippen LogP contribution in [0.25, 0.3) is 0 Å². The second-order valence-corrected chi connectivity index (χ2v) is 6.00. The van der Waals surface area contributed by atoms with Crippen molar-refractivity contribution in [2.24, 2.45) is 0 Å². The van der Waals surface area contributed by atoms with E-state index in [1.54, 1.807) is 16.2 Å². The minimum absolute atomic E-state index is 0.0269. The number of aryl methyl sites for hydroxylation is 1. The Kier molecular flexibility index (Phi) is 4.79. The number of hydrogen-bond donors (Lipinski definition) is 0. The van der Waals surface area contributed by atoms with Gasteiger partial charge in [-0.25, -0.2) is 0 Å². The lowest BCUT2D eigenvalue weighted by Crippen LogP contribution is -2.25. The maximum absolute atomic E-state index is 12.3. The summed E-state index contributed by atoms with van der Waals surface area (Å²) in [6.45, 7) is 5.29. The number of ether oxygens (including phenoxy) is 1. The third-order valence-electron chi connectivity index (χ3n) is 2.95. The first-order valence-electron chi connectivity index (χ1n) is 6.63. The van der Waals surface area contributed by atoms with Crippen molar-refractivity contribution in [1.82, 2.24) is 4.90 Å². The summed E-state index contributed by atoms with van der Waals surface area (Å²) in [6.07, 6.45) is 0. The molecular formula is C16H19NO2S. The van der Waals surface area contributed by atoms with Gasteiger partial charge in [-0.15, -0.1) is 11.3 Å². The van der Waals surface area contributed by atoms with E-state index in [1.165, 1.54) is 9.75 Å². The van der Waals surface area contributed by atoms with E-state index in [4.69, 9.17) is 4.74 Å². The predicted molar refractivity (Wildman–Crippen MR) is 82.5 cm³/mol. The number of carbonyl (C=O) groups is 1. The second kappa shape index (κ2) is 6.57. The Labute approximate surface area is 123 Å². The molecule has 2 rings (SSSR count). The Morgan fingerprint density at radius 1 is 1.20 bits per heavy atom. The molecule has 3 nitrogen and oxygen atoms in total. The molecule has 0 atom stereocenters. The van der Waals surface area contributed by atoms with E-state index < -0.39 is 0 Å². The number of hydrogen-bond acceptors (Lipinski definition) is 3. The standard InChI is InChI=1S/C16H19NO2S/c1-4-19-14-8-6-13(7-9-14)16(18)17(3)11-15-10-5-12(2)20-15/h5-10H,4,11H2,1-3H3. The van der Waals surface area contributed by atoms with Gasteiger partial charge in [0.2, 0.25) is 0 Å². The fourth-order valence-electron chi connectivity index (χ4n) is 1.96. The predicted octanol–water partition coefficient (Wildman–Crippen LogP) is 3.73. The average Bonchev–Trinajstić information content (AvgIpc) is 2.84. The van der Waals surface area contributed by atoms with Crippen LogP contribution in [0.5, 0.6) is 5.75 Å². The Hall–Kier alpha value is -1.81. The third kappa shape index (κ3) is 3.61. The summed E-state index contributed by atoms with van der Waals surface area (Å²) in [5, 5.41) is 0. The van der Waals surface area contributed by atoms with Crippen molar-refractivity contribution in [3.63, 3.8) is 0 Å². The van der Waals surface area contributed by atoms with Crippen LogP contribution in [0.2, 0.25) is 0 Å². The van der Waals surface area contributed by atoms with Gasteiger partial charge in [-0.2, -0.15) is 0 Å². The second-order valence-electron chi connectivity index (χ2n) is 4.63. The number of carbonyl (C=O) groups excluding carboxylic acids is 1. The lowest BCUT2D eigenvalue weighted by Gasteiger charge is -2.16. The molecule has 2 aromatic rings. The molecule has 0 aliphatic heterocycles. The molecule has 0 radical (unpaired) electrons. The van der Waals surface area contributed by atoms with Crippen molar-refractivity contribution in [2.45, 2.75) is 20.4 Å². The maximum atomic E-state index is 12.3. The SMILES string of the molecule is CCOc1ccc(C(=O)N(C)Cc2ccc(C)s2)cc1. The normalized spacial score (nSPS) is 10.3. The van der Waals surface area contributed by atoms with Gasteiger partial charge in [0, 0.05) is 22.4 Å². The Balaban J connectivity index is 2.02. The highest BCUT2D eigenvalue weighted by Crippen LogP contribution is 2.18. The van der Waals surface area contributed by atoms with Gasteiger partial charge in [-0.05, 0) is 50.2 Å². The van der Waals surface area contributed by atoms with Gasteiger partial charge in [0.25, 0.3) is 5.91 Å². The molecule has 1 amide bonds. The molecule has 0 fully saturated rings. The van der Waals surface area contributed by atoms with Gasteiger partial charge in [0.15, 0.2) is 0 Å². The molecule has 1 heterocycles. The van der Waals surface area contributed by atoms with Gasteiger partial charge in [-0.3, -0.25) is 4.79 Å². The summed E-state index contributed by atoms with van der Waals surface area (Å²) >= 11 is 1.72. The summed E-state index contributed by atoms with van der Waals surface area (Å²) < 4.78 is 5.38. The lowest BCUT2D eigenvalue weighted by molar-refractivity contribution is 0.0786. The number of rotatable bonds is 5. The van der Waals surface area contributed by atoms with Crippen molar-refractivity contribution in [3.8, 4) is 5.75 Å². The van der Waals surface area contributed by atoms with Crippen molar-refractivity contribution in [2.75, 3.05) is 13.7 Å². The van der Waals surface area contributed by atoms with Gasteiger partial charge in [-0.1, -0.05) is 0 Å². The van der Waals surface area contributed by atoms with Crippen LogP contribution >= 0.6 is 11.3 Å². The van der Waals surface area contributed by atoms with Crippen molar-refractivity contribution in [3.05, 3.63) is 51.7 Å². The van der Waals surface area contributed by atoms with E-state index in [1.807, 2.05) is 38.2 Å². The summed E-state index contributed by atoms with van der Waals surface area (Å²) in [7, 11) is 1.83. The van der Waals surface area contributed by atoms with Crippen LogP contribution in [0.15, 0.2) is 36.4 Å². The fraction of sp³-hybridized carbons (Fsp3) is 0.312. The number of nitrogens with zero attached hydrogens (tertiary/aromatic N) is 1. The lowest BCUT2D eigenvalue weighted by atomic mass is 10.2. The Morgan fingerprint density at radius 2 is 1.90 bits per heavy atom. The van der Waals surface area contributed by atoms with Crippen LogP contribution in [0, 0.1) is 6.92 Å². The fourth-order valence-corrected chi connectivity index (χ4v) is 2.90. The highest BCUT2D eigenvalue weighted by molar-refractivity contribution is 7.11. The number of amides is 1. The van der Waals surface area contributed by atoms with Crippen LogP contribution in [-0.4, -0.2) is 24.5 Å². The quantitative estimate of drug-likeness (QED) is 0.839. The van der Waals surface area contributed by atoms with Crippen LogP contribution < -0.4 is 4.74 Å². The van der Waals surface area contributed by atoms with Gasteiger partial charge in [0.05, 0.1) is 13.2 Å². The van der Waals surface area contributed by atoms with E-state index in [0.717, 1.165) is 5.75 Å². The molecule has 106 valence electrons.